The Labute approximate surface area is 118 Å². The summed E-state index contributed by atoms with van der Waals surface area (Å²) in [5.74, 6) is -7.42. The Morgan fingerprint density at radius 2 is 1.81 bits per heavy atom. The number of nitrogens with zero attached hydrogens (tertiary/aromatic N) is 1. The summed E-state index contributed by atoms with van der Waals surface area (Å²) in [6.45, 7) is 1.30. The Bertz CT molecular complexity index is 528. The fourth-order valence-corrected chi connectivity index (χ4v) is 1.72. The van der Waals surface area contributed by atoms with Crippen molar-refractivity contribution in [2.75, 3.05) is 14.2 Å². The first kappa shape index (κ1) is 17.2. The lowest BCUT2D eigenvalue weighted by atomic mass is 10.1. The zero-order chi connectivity index (χ0) is 16.4. The van der Waals surface area contributed by atoms with Gasteiger partial charge in [0.05, 0.1) is 7.11 Å². The van der Waals surface area contributed by atoms with Crippen LogP contribution in [-0.2, 0) is 11.3 Å². The van der Waals surface area contributed by atoms with Crippen LogP contribution >= 0.6 is 0 Å². The number of carbonyl (C=O) groups is 1. The van der Waals surface area contributed by atoms with Crippen LogP contribution in [0.5, 0.6) is 5.75 Å². The van der Waals surface area contributed by atoms with Crippen molar-refractivity contribution < 1.29 is 31.5 Å². The van der Waals surface area contributed by atoms with E-state index in [2.05, 4.69) is 0 Å². The van der Waals surface area contributed by atoms with Crippen molar-refractivity contribution in [3.8, 4) is 5.75 Å². The minimum absolute atomic E-state index is 0.301. The highest BCUT2D eigenvalue weighted by Gasteiger charge is 2.64. The quantitative estimate of drug-likeness (QED) is 0.800. The predicted molar refractivity (Wildman–Crippen MR) is 65.2 cm³/mol. The second kappa shape index (κ2) is 5.87. The van der Waals surface area contributed by atoms with Crippen LogP contribution in [0, 0.1) is 6.92 Å². The number of hydrogen-bond acceptors (Lipinski definition) is 2. The number of ether oxygens (including phenoxy) is 1. The molecule has 8 heteroatoms. The molecule has 1 rings (SSSR count). The van der Waals surface area contributed by atoms with Crippen LogP contribution in [0.25, 0.3) is 0 Å². The normalized spacial score (nSPS) is 12.2. The van der Waals surface area contributed by atoms with Gasteiger partial charge in [-0.1, -0.05) is 17.7 Å². The van der Waals surface area contributed by atoms with E-state index in [1.165, 1.54) is 7.11 Å². The molecule has 0 atom stereocenters. The van der Waals surface area contributed by atoms with Gasteiger partial charge in [-0.05, 0) is 13.0 Å². The minimum atomic E-state index is -5.92. The highest BCUT2D eigenvalue weighted by atomic mass is 19.4. The molecule has 0 aliphatic rings. The Balaban J connectivity index is 2.99. The number of carbonyl (C=O) groups excluding carboxylic acids is 1. The van der Waals surface area contributed by atoms with Gasteiger partial charge in [-0.15, -0.1) is 0 Å². The van der Waals surface area contributed by atoms with Crippen LogP contribution in [-0.4, -0.2) is 37.1 Å². The molecule has 0 radical (unpaired) electrons. The van der Waals surface area contributed by atoms with Crippen molar-refractivity contribution in [1.29, 1.82) is 0 Å². The maximum absolute atomic E-state index is 13.0. The van der Waals surface area contributed by atoms with E-state index >= 15 is 0 Å². The van der Waals surface area contributed by atoms with Crippen LogP contribution in [0.3, 0.4) is 0 Å². The summed E-state index contributed by atoms with van der Waals surface area (Å²) in [6, 6.07) is 4.79. The number of halogens is 5. The van der Waals surface area contributed by atoms with Crippen LogP contribution in [0.4, 0.5) is 22.0 Å². The molecule has 1 aromatic rings. The molecule has 0 N–H and O–H groups in total. The Hall–Kier alpha value is -1.86. The minimum Gasteiger partial charge on any atom is -0.496 e. The summed E-state index contributed by atoms with van der Waals surface area (Å²) >= 11 is 0. The van der Waals surface area contributed by atoms with E-state index in [9.17, 15) is 26.7 Å². The molecule has 0 saturated carbocycles. The third-order valence-electron chi connectivity index (χ3n) is 2.81. The highest BCUT2D eigenvalue weighted by molar-refractivity contribution is 5.84. The summed E-state index contributed by atoms with van der Waals surface area (Å²) in [4.78, 5) is 11.6. The number of alkyl halides is 5. The summed E-state index contributed by atoms with van der Waals surface area (Å²) in [6.07, 6.45) is -5.92. The van der Waals surface area contributed by atoms with Crippen LogP contribution < -0.4 is 4.74 Å². The number of amides is 1. The van der Waals surface area contributed by atoms with Crippen LogP contribution in [0.2, 0.25) is 0 Å². The first-order chi connectivity index (χ1) is 9.50. The van der Waals surface area contributed by atoms with E-state index in [1.807, 2.05) is 0 Å². The zero-order valence-corrected chi connectivity index (χ0v) is 11.6. The van der Waals surface area contributed by atoms with Crippen LogP contribution in [0.1, 0.15) is 11.1 Å². The SMILES string of the molecule is COc1ccc(C)cc1CN(C)C(=O)C(F)(F)C(F)(F)F. The van der Waals surface area contributed by atoms with Gasteiger partial charge in [0.25, 0.3) is 0 Å². The summed E-state index contributed by atoms with van der Waals surface area (Å²) < 4.78 is 67.5. The molecule has 0 aliphatic heterocycles. The van der Waals surface area contributed by atoms with Crippen molar-refractivity contribution in [2.24, 2.45) is 0 Å². The third-order valence-corrected chi connectivity index (χ3v) is 2.81. The Kier molecular flexibility index (Phi) is 4.80. The molecule has 1 aromatic carbocycles. The number of rotatable bonds is 4. The second-order valence-corrected chi connectivity index (χ2v) is 4.55. The number of aryl methyl sites for hydroxylation is 1. The summed E-state index contributed by atoms with van der Waals surface area (Å²) in [5.41, 5.74) is 1.10. The molecule has 0 unspecified atom stereocenters. The Morgan fingerprint density at radius 1 is 1.24 bits per heavy atom. The second-order valence-electron chi connectivity index (χ2n) is 4.55. The first-order valence-electron chi connectivity index (χ1n) is 5.84. The van der Waals surface area contributed by atoms with Gasteiger partial charge in [-0.2, -0.15) is 22.0 Å². The fourth-order valence-electron chi connectivity index (χ4n) is 1.72. The van der Waals surface area contributed by atoms with E-state index in [0.717, 1.165) is 12.6 Å². The van der Waals surface area contributed by atoms with Crippen molar-refractivity contribution in [3.63, 3.8) is 0 Å². The topological polar surface area (TPSA) is 29.5 Å². The maximum atomic E-state index is 13.0. The number of hydrogen-bond donors (Lipinski definition) is 0. The van der Waals surface area contributed by atoms with Crippen LogP contribution in [0.15, 0.2) is 18.2 Å². The Morgan fingerprint density at radius 3 is 2.29 bits per heavy atom. The molecular weight excluding hydrogens is 297 g/mol. The smallest absolute Gasteiger partial charge is 0.463 e. The van der Waals surface area contributed by atoms with E-state index in [-0.39, 0.29) is 0 Å². The molecule has 0 aliphatic carbocycles. The lowest BCUT2D eigenvalue weighted by Gasteiger charge is -2.25. The maximum Gasteiger partial charge on any atom is 0.463 e. The van der Waals surface area contributed by atoms with E-state index in [0.29, 0.717) is 16.2 Å². The van der Waals surface area contributed by atoms with Crippen molar-refractivity contribution >= 4 is 5.91 Å². The third kappa shape index (κ3) is 3.62. The van der Waals surface area contributed by atoms with Gasteiger partial charge in [-0.25, -0.2) is 0 Å². The lowest BCUT2D eigenvalue weighted by Crippen LogP contribution is -2.50. The first-order valence-corrected chi connectivity index (χ1v) is 5.84. The standard InChI is InChI=1S/C13H14F5NO2/c1-8-4-5-10(21-3)9(6-8)7-19(2)11(20)12(14,15)13(16,17)18/h4-6H,7H2,1-3H3. The lowest BCUT2D eigenvalue weighted by molar-refractivity contribution is -0.274. The molecule has 1 amide bonds. The number of methoxy groups -OCH3 is 1. The zero-order valence-electron chi connectivity index (χ0n) is 11.6. The molecule has 0 fully saturated rings. The monoisotopic (exact) mass is 311 g/mol. The summed E-state index contributed by atoms with van der Waals surface area (Å²) in [5, 5.41) is 0. The molecule has 0 bridgehead atoms. The van der Waals surface area contributed by atoms with Crippen molar-refractivity contribution in [2.45, 2.75) is 25.6 Å². The van der Waals surface area contributed by atoms with Gasteiger partial charge >= 0.3 is 18.0 Å². The summed E-state index contributed by atoms with van der Waals surface area (Å²) in [7, 11) is 2.21. The van der Waals surface area contributed by atoms with Gasteiger partial charge < -0.3 is 9.64 Å². The van der Waals surface area contributed by atoms with Gasteiger partial charge in [0.15, 0.2) is 0 Å². The average Bonchev–Trinajstić information content (AvgIpc) is 2.36. The van der Waals surface area contributed by atoms with E-state index in [4.69, 9.17) is 4.74 Å². The highest BCUT2D eigenvalue weighted by Crippen LogP contribution is 2.37. The fraction of sp³-hybridized carbons (Fsp3) is 0.462. The van der Waals surface area contributed by atoms with Gasteiger partial charge in [0.2, 0.25) is 0 Å². The largest absolute Gasteiger partial charge is 0.496 e. The van der Waals surface area contributed by atoms with Gasteiger partial charge in [0, 0.05) is 19.2 Å². The average molecular weight is 311 g/mol. The van der Waals surface area contributed by atoms with Crippen molar-refractivity contribution in [3.05, 3.63) is 29.3 Å². The molecule has 0 aromatic heterocycles. The predicted octanol–water partition coefficient (Wildman–Crippen LogP) is 3.16. The molecule has 0 spiro atoms. The molecular formula is C13H14F5NO2. The molecule has 0 heterocycles. The van der Waals surface area contributed by atoms with Gasteiger partial charge in [-0.3, -0.25) is 4.79 Å². The molecule has 21 heavy (non-hydrogen) atoms. The van der Waals surface area contributed by atoms with Crippen molar-refractivity contribution in [1.82, 2.24) is 4.90 Å². The molecule has 118 valence electrons. The van der Waals surface area contributed by atoms with Gasteiger partial charge in [0.1, 0.15) is 5.75 Å². The molecule has 3 nitrogen and oxygen atoms in total. The number of benzene rings is 1. The molecule has 0 saturated heterocycles. The van der Waals surface area contributed by atoms with E-state index < -0.39 is 24.6 Å². The van der Waals surface area contributed by atoms with E-state index in [1.54, 1.807) is 25.1 Å².